The number of hydrogen-bond acceptors (Lipinski definition) is 4. The lowest BCUT2D eigenvalue weighted by Crippen LogP contribution is -2.28. The molecule has 0 aromatic heterocycles. The first-order valence-corrected chi connectivity index (χ1v) is 12.1. The van der Waals surface area contributed by atoms with Crippen LogP contribution < -0.4 is 4.74 Å². The van der Waals surface area contributed by atoms with Gasteiger partial charge in [0.2, 0.25) is 0 Å². The number of rotatable bonds is 6. The molecule has 158 valence electrons. The molecular formula is C25H23IN2O2S. The number of amidine groups is 1. The fourth-order valence-corrected chi connectivity index (χ4v) is 5.21. The predicted molar refractivity (Wildman–Crippen MR) is 138 cm³/mol. The third-order valence-corrected chi connectivity index (χ3v) is 6.85. The predicted octanol–water partition coefficient (Wildman–Crippen LogP) is 6.34. The highest BCUT2D eigenvalue weighted by atomic mass is 127. The number of amides is 1. The standard InChI is InChI=1S/C25H23IN2O2S/c1-3-27-25-28(4-2)24(29)23(31-25)15-17-10-12-22(21(26)14-17)30-16-18-9-11-19-7-5-6-8-20(19)13-18/h5-15H,3-4,16H2,1-2H3/b23-15+,27-25?. The molecule has 1 fully saturated rings. The summed E-state index contributed by atoms with van der Waals surface area (Å²) in [5.41, 5.74) is 2.11. The average Bonchev–Trinajstić information content (AvgIpc) is 3.07. The molecule has 1 saturated heterocycles. The van der Waals surface area contributed by atoms with Crippen LogP contribution in [0.4, 0.5) is 0 Å². The second-order valence-electron chi connectivity index (χ2n) is 7.08. The minimum Gasteiger partial charge on any atom is -0.488 e. The van der Waals surface area contributed by atoms with Gasteiger partial charge in [-0.3, -0.25) is 14.7 Å². The monoisotopic (exact) mass is 542 g/mol. The Balaban J connectivity index is 1.48. The molecular weight excluding hydrogens is 519 g/mol. The number of fused-ring (bicyclic) bond motifs is 1. The zero-order valence-corrected chi connectivity index (χ0v) is 20.4. The van der Waals surface area contributed by atoms with Gasteiger partial charge in [0.15, 0.2) is 5.17 Å². The average molecular weight is 542 g/mol. The molecule has 0 unspecified atom stereocenters. The number of thioether (sulfide) groups is 1. The Morgan fingerprint density at radius 1 is 1.06 bits per heavy atom. The molecule has 0 saturated carbocycles. The first kappa shape index (κ1) is 21.9. The zero-order valence-electron chi connectivity index (χ0n) is 17.5. The topological polar surface area (TPSA) is 41.9 Å². The Morgan fingerprint density at radius 2 is 1.87 bits per heavy atom. The van der Waals surface area contributed by atoms with Gasteiger partial charge in [-0.05, 0) is 94.4 Å². The van der Waals surface area contributed by atoms with E-state index in [4.69, 9.17) is 4.74 Å². The molecule has 0 N–H and O–H groups in total. The van der Waals surface area contributed by atoms with Crippen molar-refractivity contribution in [3.8, 4) is 5.75 Å². The molecule has 3 aromatic rings. The van der Waals surface area contributed by atoms with Gasteiger partial charge in [-0.15, -0.1) is 0 Å². The van der Waals surface area contributed by atoms with Gasteiger partial charge >= 0.3 is 0 Å². The molecule has 0 bridgehead atoms. The van der Waals surface area contributed by atoms with Gasteiger partial charge in [0.25, 0.3) is 5.91 Å². The second-order valence-corrected chi connectivity index (χ2v) is 9.25. The number of carbonyl (C=O) groups is 1. The molecule has 31 heavy (non-hydrogen) atoms. The molecule has 1 heterocycles. The van der Waals surface area contributed by atoms with E-state index in [-0.39, 0.29) is 5.91 Å². The summed E-state index contributed by atoms with van der Waals surface area (Å²) >= 11 is 3.73. The van der Waals surface area contributed by atoms with Crippen LogP contribution in [0.3, 0.4) is 0 Å². The number of hydrogen-bond donors (Lipinski definition) is 0. The van der Waals surface area contributed by atoms with Crippen LogP contribution in [0.1, 0.15) is 25.0 Å². The summed E-state index contributed by atoms with van der Waals surface area (Å²) in [4.78, 5) is 19.5. The molecule has 0 radical (unpaired) electrons. The lowest BCUT2D eigenvalue weighted by atomic mass is 10.1. The largest absolute Gasteiger partial charge is 0.488 e. The van der Waals surface area contributed by atoms with Crippen molar-refractivity contribution in [3.05, 3.63) is 80.3 Å². The fraction of sp³-hybridized carbons (Fsp3) is 0.200. The summed E-state index contributed by atoms with van der Waals surface area (Å²) in [6.07, 6.45) is 1.93. The Labute approximate surface area is 200 Å². The first-order chi connectivity index (χ1) is 15.1. The maximum Gasteiger partial charge on any atom is 0.266 e. The Morgan fingerprint density at radius 3 is 2.61 bits per heavy atom. The molecule has 6 heteroatoms. The van der Waals surface area contributed by atoms with Gasteiger partial charge in [-0.25, -0.2) is 0 Å². The third-order valence-electron chi connectivity index (χ3n) is 4.96. The van der Waals surface area contributed by atoms with Gasteiger partial charge in [0, 0.05) is 13.1 Å². The number of benzene rings is 3. The van der Waals surface area contributed by atoms with Crippen molar-refractivity contribution in [1.82, 2.24) is 4.90 Å². The lowest BCUT2D eigenvalue weighted by Gasteiger charge is -2.11. The number of halogens is 1. The molecule has 0 spiro atoms. The quantitative estimate of drug-likeness (QED) is 0.270. The van der Waals surface area contributed by atoms with Crippen molar-refractivity contribution >= 4 is 62.3 Å². The van der Waals surface area contributed by atoms with Gasteiger partial charge in [-0.1, -0.05) is 42.5 Å². The van der Waals surface area contributed by atoms with E-state index in [0.29, 0.717) is 24.6 Å². The maximum atomic E-state index is 12.7. The summed E-state index contributed by atoms with van der Waals surface area (Å²) in [5.74, 6) is 0.857. The maximum absolute atomic E-state index is 12.7. The van der Waals surface area contributed by atoms with E-state index < -0.39 is 0 Å². The summed E-state index contributed by atoms with van der Waals surface area (Å²) in [5, 5.41) is 3.23. The smallest absolute Gasteiger partial charge is 0.266 e. The molecule has 1 aliphatic heterocycles. The van der Waals surface area contributed by atoms with Crippen LogP contribution in [-0.2, 0) is 11.4 Å². The van der Waals surface area contributed by atoms with E-state index in [0.717, 1.165) is 25.6 Å². The van der Waals surface area contributed by atoms with Crippen LogP contribution in [-0.4, -0.2) is 29.1 Å². The number of nitrogens with zero attached hydrogens (tertiary/aromatic N) is 2. The molecule has 4 rings (SSSR count). The van der Waals surface area contributed by atoms with Gasteiger partial charge in [0.05, 0.1) is 8.48 Å². The van der Waals surface area contributed by atoms with Crippen LogP contribution in [0.15, 0.2) is 70.6 Å². The first-order valence-electron chi connectivity index (χ1n) is 10.2. The van der Waals surface area contributed by atoms with E-state index in [9.17, 15) is 4.79 Å². The summed E-state index contributed by atoms with van der Waals surface area (Å²) < 4.78 is 7.09. The molecule has 1 aliphatic rings. The van der Waals surface area contributed by atoms with Gasteiger partial charge < -0.3 is 4.74 Å². The zero-order chi connectivity index (χ0) is 21.8. The van der Waals surface area contributed by atoms with E-state index in [1.54, 1.807) is 4.90 Å². The highest BCUT2D eigenvalue weighted by Gasteiger charge is 2.31. The number of aliphatic imine (C=N–C) groups is 1. The van der Waals surface area contributed by atoms with E-state index in [1.165, 1.54) is 22.5 Å². The molecule has 4 nitrogen and oxygen atoms in total. The van der Waals surface area contributed by atoms with Crippen LogP contribution in [0.2, 0.25) is 0 Å². The minimum atomic E-state index is 0.0198. The van der Waals surface area contributed by atoms with E-state index in [2.05, 4.69) is 57.9 Å². The van der Waals surface area contributed by atoms with Crippen molar-refractivity contribution in [1.29, 1.82) is 0 Å². The summed E-state index contributed by atoms with van der Waals surface area (Å²) in [7, 11) is 0. The normalized spacial score (nSPS) is 16.6. The Kier molecular flexibility index (Phi) is 6.97. The molecule has 0 aliphatic carbocycles. The van der Waals surface area contributed by atoms with Crippen molar-refractivity contribution in [3.63, 3.8) is 0 Å². The Bertz CT molecular complexity index is 1190. The van der Waals surface area contributed by atoms with Gasteiger partial charge in [-0.2, -0.15) is 0 Å². The highest BCUT2D eigenvalue weighted by Crippen LogP contribution is 2.33. The fourth-order valence-electron chi connectivity index (χ4n) is 3.40. The highest BCUT2D eigenvalue weighted by molar-refractivity contribution is 14.1. The van der Waals surface area contributed by atoms with Crippen LogP contribution in [0.5, 0.6) is 5.75 Å². The number of likely N-dealkylation sites (N-methyl/N-ethyl adjacent to an activating group) is 1. The summed E-state index contributed by atoms with van der Waals surface area (Å²) in [6.45, 7) is 5.75. The Hall–Kier alpha value is -2.32. The molecule has 0 atom stereocenters. The SMILES string of the molecule is CCN=C1S/C(=C/c2ccc(OCc3ccc4ccccc4c3)c(I)c2)C(=O)N1CC. The third kappa shape index (κ3) is 4.96. The van der Waals surface area contributed by atoms with Crippen LogP contribution in [0, 0.1) is 3.57 Å². The van der Waals surface area contributed by atoms with E-state index in [1.807, 2.05) is 50.3 Å². The molecule has 1 amide bonds. The van der Waals surface area contributed by atoms with Crippen molar-refractivity contribution in [2.45, 2.75) is 20.5 Å². The second kappa shape index (κ2) is 9.87. The van der Waals surface area contributed by atoms with Crippen molar-refractivity contribution in [2.75, 3.05) is 13.1 Å². The number of ether oxygens (including phenoxy) is 1. The number of carbonyl (C=O) groups excluding carboxylic acids is 1. The minimum absolute atomic E-state index is 0.0198. The van der Waals surface area contributed by atoms with E-state index >= 15 is 0 Å². The van der Waals surface area contributed by atoms with Crippen molar-refractivity contribution < 1.29 is 9.53 Å². The molecule has 3 aromatic carbocycles. The van der Waals surface area contributed by atoms with Gasteiger partial charge in [0.1, 0.15) is 12.4 Å². The lowest BCUT2D eigenvalue weighted by molar-refractivity contribution is -0.122. The van der Waals surface area contributed by atoms with Crippen LogP contribution >= 0.6 is 34.4 Å². The van der Waals surface area contributed by atoms with Crippen molar-refractivity contribution in [2.24, 2.45) is 4.99 Å². The summed E-state index contributed by atoms with van der Waals surface area (Å²) in [6, 6.07) is 20.7. The van der Waals surface area contributed by atoms with Crippen LogP contribution in [0.25, 0.3) is 16.8 Å².